The molecule has 2 N–H and O–H groups in total. The molecule has 0 bridgehead atoms. The second kappa shape index (κ2) is 12.5. The van der Waals surface area contributed by atoms with Gasteiger partial charge in [-0.1, -0.05) is 12.1 Å². The maximum atomic E-state index is 14.1. The third-order valence-electron chi connectivity index (χ3n) is 9.01. The summed E-state index contributed by atoms with van der Waals surface area (Å²) in [5, 5.41) is 19.9. The zero-order valence-electron chi connectivity index (χ0n) is 24.9. The van der Waals surface area contributed by atoms with Crippen molar-refractivity contribution in [2.45, 2.75) is 37.7 Å². The number of fused-ring (bicyclic) bond motifs is 3. The highest BCUT2D eigenvalue weighted by Crippen LogP contribution is 2.51. The molecule has 14 heteroatoms. The smallest absolute Gasteiger partial charge is 0.416 e. The van der Waals surface area contributed by atoms with E-state index in [9.17, 15) is 50.5 Å². The molecule has 7 nitrogen and oxygen atoms in total. The number of anilines is 1. The number of aromatic hydroxyl groups is 1. The van der Waals surface area contributed by atoms with Crippen LogP contribution in [0.4, 0.5) is 36.4 Å². The van der Waals surface area contributed by atoms with Crippen LogP contribution >= 0.6 is 0 Å². The van der Waals surface area contributed by atoms with E-state index in [-0.39, 0.29) is 19.1 Å². The number of carbonyl (C=O) groups excluding carboxylic acids is 2. The lowest BCUT2D eigenvalue weighted by molar-refractivity contribution is -0.143. The third-order valence-corrected chi connectivity index (χ3v) is 9.01. The van der Waals surface area contributed by atoms with Gasteiger partial charge in [0.15, 0.2) is 11.6 Å². The fourth-order valence-electron chi connectivity index (χ4n) is 6.87. The van der Waals surface area contributed by atoms with Gasteiger partial charge in [-0.05, 0) is 90.1 Å². The van der Waals surface area contributed by atoms with Crippen molar-refractivity contribution in [3.8, 4) is 5.75 Å². The molecule has 2 fully saturated rings. The fraction of sp³-hybridized carbons (Fsp3) is 0.324. The summed E-state index contributed by atoms with van der Waals surface area (Å²) in [4.78, 5) is 32.1. The zero-order valence-corrected chi connectivity index (χ0v) is 24.9. The number of nitrogens with zero attached hydrogens (tertiary/aromatic N) is 2. The highest BCUT2D eigenvalue weighted by atomic mass is 19.4. The molecule has 48 heavy (non-hydrogen) atoms. The van der Waals surface area contributed by atoms with Crippen molar-refractivity contribution < 1.29 is 55.3 Å². The topological polar surface area (TPSA) is 100.0 Å². The SMILES string of the molecule is O=C1[C@@H]2[C@@H](CC(CO)=C3[C@@H](CC/C(=C/c4ccc(O)c(F)c4)c4ccccn4)OC[C@@H]32)C(=O)N1c1cc(C(F)(F)F)cc(C(F)(F)F)c1. The summed E-state index contributed by atoms with van der Waals surface area (Å²) >= 11 is 0. The summed E-state index contributed by atoms with van der Waals surface area (Å²) < 4.78 is 102. The van der Waals surface area contributed by atoms with E-state index in [0.717, 1.165) is 6.07 Å². The molecular formula is C34H27F7N2O5. The minimum absolute atomic E-state index is 0.0697. The Labute approximate surface area is 269 Å². The van der Waals surface area contributed by atoms with E-state index in [4.69, 9.17) is 4.74 Å². The molecule has 0 unspecified atom stereocenters. The number of ether oxygens (including phenoxy) is 1. The third kappa shape index (κ3) is 6.21. The van der Waals surface area contributed by atoms with E-state index in [1.807, 2.05) is 0 Å². The van der Waals surface area contributed by atoms with Crippen molar-refractivity contribution in [2.75, 3.05) is 18.1 Å². The van der Waals surface area contributed by atoms with E-state index < -0.39 is 83.0 Å². The summed E-state index contributed by atoms with van der Waals surface area (Å²) in [7, 11) is 0. The number of aromatic nitrogens is 1. The molecule has 0 radical (unpaired) electrons. The van der Waals surface area contributed by atoms with E-state index in [0.29, 0.717) is 57.9 Å². The molecule has 1 aromatic heterocycles. The number of halogens is 7. The standard InChI is InChI=1S/C34H27F7N2O5/c35-25-10-17(4-6-27(25)45)9-18(26-3-1-2-8-42-26)5-7-28-29-19(15-44)11-23-30(24(29)16-48-28)32(47)43(31(23)46)22-13-20(33(36,37)38)12-21(14-22)34(39,40)41/h1-4,6,8-10,12-14,23-24,28,30,44-45H,5,7,11,15-16H2/b18-9-/t23-,24+,28-,30-/m1/s1. The number of allylic oxidation sites excluding steroid dienone is 1. The first-order valence-electron chi connectivity index (χ1n) is 14.9. The van der Waals surface area contributed by atoms with Crippen LogP contribution in [0.25, 0.3) is 11.6 Å². The molecule has 4 atom stereocenters. The number of carbonyl (C=O) groups is 2. The van der Waals surface area contributed by atoms with Gasteiger partial charge in [-0.25, -0.2) is 9.29 Å². The molecule has 3 aliphatic rings. The van der Waals surface area contributed by atoms with Gasteiger partial charge in [-0.2, -0.15) is 26.3 Å². The van der Waals surface area contributed by atoms with Crippen LogP contribution in [-0.4, -0.2) is 46.3 Å². The molecule has 2 saturated heterocycles. The average Bonchev–Trinajstić information content (AvgIpc) is 3.57. The van der Waals surface area contributed by atoms with Gasteiger partial charge >= 0.3 is 12.4 Å². The Morgan fingerprint density at radius 1 is 0.958 bits per heavy atom. The van der Waals surface area contributed by atoms with Gasteiger partial charge in [0.2, 0.25) is 11.8 Å². The van der Waals surface area contributed by atoms with Gasteiger partial charge in [0, 0.05) is 12.1 Å². The van der Waals surface area contributed by atoms with Gasteiger partial charge in [0.1, 0.15) is 0 Å². The Kier molecular flexibility index (Phi) is 8.66. The summed E-state index contributed by atoms with van der Waals surface area (Å²) in [6.45, 7) is -0.576. The second-order valence-corrected chi connectivity index (χ2v) is 11.9. The number of phenolic OH excluding ortho intramolecular Hbond substituents is 1. The highest BCUT2D eigenvalue weighted by Gasteiger charge is 2.57. The number of imide groups is 1. The largest absolute Gasteiger partial charge is 0.505 e. The molecule has 2 aromatic carbocycles. The number of phenols is 1. The van der Waals surface area contributed by atoms with E-state index >= 15 is 0 Å². The van der Waals surface area contributed by atoms with E-state index in [2.05, 4.69) is 4.98 Å². The monoisotopic (exact) mass is 676 g/mol. The Balaban J connectivity index is 1.29. The van der Waals surface area contributed by atoms with Gasteiger partial charge < -0.3 is 14.9 Å². The van der Waals surface area contributed by atoms with Crippen LogP contribution in [0, 0.1) is 23.6 Å². The van der Waals surface area contributed by atoms with Crippen molar-refractivity contribution in [2.24, 2.45) is 17.8 Å². The molecule has 6 rings (SSSR count). The van der Waals surface area contributed by atoms with Crippen molar-refractivity contribution in [1.29, 1.82) is 0 Å². The van der Waals surface area contributed by atoms with Crippen molar-refractivity contribution in [3.63, 3.8) is 0 Å². The molecule has 0 saturated carbocycles. The Bertz CT molecular complexity index is 1790. The lowest BCUT2D eigenvalue weighted by atomic mass is 9.69. The number of pyridine rings is 1. The Morgan fingerprint density at radius 2 is 1.67 bits per heavy atom. The van der Waals surface area contributed by atoms with Crippen LogP contribution in [0.2, 0.25) is 0 Å². The number of alkyl halides is 6. The molecule has 3 heterocycles. The van der Waals surface area contributed by atoms with Crippen LogP contribution in [0.5, 0.6) is 5.75 Å². The van der Waals surface area contributed by atoms with Gasteiger partial charge in [-0.3, -0.25) is 14.6 Å². The molecule has 0 spiro atoms. The number of benzene rings is 2. The Morgan fingerprint density at radius 3 is 2.27 bits per heavy atom. The number of aliphatic hydroxyl groups excluding tert-OH is 1. The van der Waals surface area contributed by atoms with Crippen molar-refractivity contribution >= 4 is 29.2 Å². The zero-order chi connectivity index (χ0) is 34.5. The molecular weight excluding hydrogens is 649 g/mol. The number of rotatable bonds is 7. The molecule has 2 aliphatic heterocycles. The first-order valence-corrected chi connectivity index (χ1v) is 14.9. The van der Waals surface area contributed by atoms with Crippen LogP contribution < -0.4 is 4.90 Å². The molecule has 3 aromatic rings. The normalized spacial score (nSPS) is 23.2. The van der Waals surface area contributed by atoms with Crippen LogP contribution in [0.15, 0.2) is 71.9 Å². The van der Waals surface area contributed by atoms with Crippen LogP contribution in [-0.2, 0) is 26.7 Å². The average molecular weight is 677 g/mol. The number of aliphatic hydroxyl groups is 1. The maximum Gasteiger partial charge on any atom is 0.416 e. The highest BCUT2D eigenvalue weighted by molar-refractivity contribution is 6.22. The minimum Gasteiger partial charge on any atom is -0.505 e. The van der Waals surface area contributed by atoms with Crippen molar-refractivity contribution in [1.82, 2.24) is 4.98 Å². The predicted molar refractivity (Wildman–Crippen MR) is 157 cm³/mol. The van der Waals surface area contributed by atoms with E-state index in [1.165, 1.54) is 12.1 Å². The lowest BCUT2D eigenvalue weighted by Crippen LogP contribution is -2.35. The number of hydrogen-bond acceptors (Lipinski definition) is 6. The van der Waals surface area contributed by atoms with E-state index in [1.54, 1.807) is 30.5 Å². The van der Waals surface area contributed by atoms with Gasteiger partial charge in [0.25, 0.3) is 0 Å². The maximum absolute atomic E-state index is 14.1. The van der Waals surface area contributed by atoms with Gasteiger partial charge in [-0.15, -0.1) is 0 Å². The van der Waals surface area contributed by atoms with Crippen LogP contribution in [0.3, 0.4) is 0 Å². The second-order valence-electron chi connectivity index (χ2n) is 11.9. The molecule has 1 aliphatic carbocycles. The first kappa shape index (κ1) is 33.3. The minimum atomic E-state index is -5.18. The number of amides is 2. The molecule has 2 amide bonds. The fourth-order valence-corrected chi connectivity index (χ4v) is 6.87. The van der Waals surface area contributed by atoms with Gasteiger partial charge in [0.05, 0.1) is 53.7 Å². The number of hydrogen-bond donors (Lipinski definition) is 2. The van der Waals surface area contributed by atoms with Crippen molar-refractivity contribution in [3.05, 3.63) is 100 Å². The quantitative estimate of drug-likeness (QED) is 0.162. The van der Waals surface area contributed by atoms with Crippen LogP contribution in [0.1, 0.15) is 41.6 Å². The summed E-state index contributed by atoms with van der Waals surface area (Å²) in [5.41, 5.74) is -1.47. The Hall–Kier alpha value is -4.56. The summed E-state index contributed by atoms with van der Waals surface area (Å²) in [6, 6.07) is 9.75. The summed E-state index contributed by atoms with van der Waals surface area (Å²) in [5.74, 6) is -6.21. The summed E-state index contributed by atoms with van der Waals surface area (Å²) in [6.07, 6.45) is -7.26. The molecule has 252 valence electrons. The lowest BCUT2D eigenvalue weighted by Gasteiger charge is -2.31. The first-order chi connectivity index (χ1) is 22.7. The predicted octanol–water partition coefficient (Wildman–Crippen LogP) is 6.80.